The molecule has 0 saturated heterocycles. The first-order valence-corrected chi connectivity index (χ1v) is 11.3. The van der Waals surface area contributed by atoms with Crippen LogP contribution in [0.15, 0.2) is 24.3 Å². The number of benzene rings is 1. The molecular weight excluding hydrogens is 399 g/mol. The van der Waals surface area contributed by atoms with Gasteiger partial charge in [0.25, 0.3) is 5.91 Å². The maximum Gasteiger partial charge on any atom is 0.329 e. The van der Waals surface area contributed by atoms with Crippen LogP contribution in [-0.4, -0.2) is 30.4 Å². The van der Waals surface area contributed by atoms with Crippen LogP contribution in [0.5, 0.6) is 0 Å². The van der Waals surface area contributed by atoms with Crippen molar-refractivity contribution in [3.63, 3.8) is 0 Å². The first-order valence-electron chi connectivity index (χ1n) is 11.3. The molecule has 0 radical (unpaired) electrons. The van der Waals surface area contributed by atoms with Gasteiger partial charge in [-0.05, 0) is 80.4 Å². The van der Waals surface area contributed by atoms with Crippen LogP contribution in [-0.2, 0) is 19.1 Å². The Labute approximate surface area is 182 Å². The number of hydrogen-bond acceptors (Lipinski definition) is 4. The topological polar surface area (TPSA) is 84.5 Å². The smallest absolute Gasteiger partial charge is 0.329 e. The zero-order chi connectivity index (χ0) is 22.2. The van der Waals surface area contributed by atoms with Crippen molar-refractivity contribution in [2.45, 2.75) is 58.4 Å². The van der Waals surface area contributed by atoms with Crippen LogP contribution in [0, 0.1) is 34.9 Å². The highest BCUT2D eigenvalue weighted by molar-refractivity contribution is 5.94. The average Bonchev–Trinajstić information content (AvgIpc) is 2.68. The fourth-order valence-electron chi connectivity index (χ4n) is 6.17. The highest BCUT2D eigenvalue weighted by Crippen LogP contribution is 2.60. The highest BCUT2D eigenvalue weighted by atomic mass is 19.1. The fraction of sp³-hybridized carbons (Fsp3) is 0.625. The maximum absolute atomic E-state index is 13.3. The third-order valence-corrected chi connectivity index (χ3v) is 7.18. The van der Waals surface area contributed by atoms with Crippen molar-refractivity contribution in [2.75, 3.05) is 11.9 Å². The van der Waals surface area contributed by atoms with E-state index in [-0.39, 0.29) is 22.9 Å². The number of carbonyl (C=O) groups excluding carboxylic acids is 3. The van der Waals surface area contributed by atoms with Crippen LogP contribution in [0.25, 0.3) is 0 Å². The van der Waals surface area contributed by atoms with Crippen molar-refractivity contribution < 1.29 is 23.5 Å². The Bertz CT molecular complexity index is 834. The first-order chi connectivity index (χ1) is 14.7. The lowest BCUT2D eigenvalue weighted by Gasteiger charge is -2.55. The maximum atomic E-state index is 13.3. The normalized spacial score (nSPS) is 29.5. The summed E-state index contributed by atoms with van der Waals surface area (Å²) in [5.41, 5.74) is -0.0618. The van der Waals surface area contributed by atoms with Gasteiger partial charge >= 0.3 is 5.97 Å². The summed E-state index contributed by atoms with van der Waals surface area (Å²) in [4.78, 5) is 38.0. The van der Waals surface area contributed by atoms with Gasteiger partial charge in [-0.2, -0.15) is 0 Å². The van der Waals surface area contributed by atoms with E-state index < -0.39 is 30.3 Å². The number of carbonyl (C=O) groups is 3. The first kappa shape index (κ1) is 21.8. The second-order valence-electron chi connectivity index (χ2n) is 10.1. The van der Waals surface area contributed by atoms with E-state index >= 15 is 0 Å². The molecule has 1 aromatic carbocycles. The van der Waals surface area contributed by atoms with Crippen molar-refractivity contribution in [2.24, 2.45) is 29.1 Å². The van der Waals surface area contributed by atoms with Crippen LogP contribution >= 0.6 is 0 Å². The number of rotatable bonds is 7. The molecule has 4 aliphatic rings. The van der Waals surface area contributed by atoms with Crippen LogP contribution in [0.1, 0.15) is 52.4 Å². The minimum atomic E-state index is -0.803. The molecule has 2 N–H and O–H groups in total. The third-order valence-electron chi connectivity index (χ3n) is 7.18. The summed E-state index contributed by atoms with van der Waals surface area (Å²) >= 11 is 0. The molecule has 0 unspecified atom stereocenters. The van der Waals surface area contributed by atoms with Crippen molar-refractivity contribution in [3.8, 4) is 0 Å². The molecule has 0 spiro atoms. The number of halogens is 1. The Morgan fingerprint density at radius 1 is 1.10 bits per heavy atom. The van der Waals surface area contributed by atoms with Crippen molar-refractivity contribution >= 4 is 23.5 Å². The summed E-state index contributed by atoms with van der Waals surface area (Å²) in [7, 11) is 0. The van der Waals surface area contributed by atoms with Crippen LogP contribution in [0.4, 0.5) is 10.1 Å². The van der Waals surface area contributed by atoms with Crippen LogP contribution in [0.3, 0.4) is 0 Å². The van der Waals surface area contributed by atoms with Gasteiger partial charge < -0.3 is 15.4 Å². The lowest BCUT2D eigenvalue weighted by atomic mass is 9.49. The van der Waals surface area contributed by atoms with Crippen molar-refractivity contribution in [3.05, 3.63) is 30.1 Å². The van der Waals surface area contributed by atoms with E-state index in [9.17, 15) is 18.8 Å². The number of esters is 1. The van der Waals surface area contributed by atoms with E-state index in [4.69, 9.17) is 4.74 Å². The molecule has 2 amide bonds. The molecule has 0 aromatic heterocycles. The van der Waals surface area contributed by atoms with Gasteiger partial charge in [0.1, 0.15) is 11.9 Å². The molecule has 0 aliphatic heterocycles. The van der Waals surface area contributed by atoms with Crippen LogP contribution < -0.4 is 10.6 Å². The number of nitrogens with one attached hydrogen (secondary N) is 2. The molecule has 5 rings (SSSR count). The largest absolute Gasteiger partial charge is 0.454 e. The number of anilines is 1. The van der Waals surface area contributed by atoms with E-state index in [0.29, 0.717) is 17.8 Å². The quantitative estimate of drug-likeness (QED) is 0.647. The van der Waals surface area contributed by atoms with E-state index in [1.54, 1.807) is 6.07 Å². The summed E-state index contributed by atoms with van der Waals surface area (Å²) in [6.07, 6.45) is 6.47. The minimum absolute atomic E-state index is 0.0357. The number of ether oxygens (including phenoxy) is 1. The monoisotopic (exact) mass is 430 g/mol. The summed E-state index contributed by atoms with van der Waals surface area (Å²) in [6, 6.07) is 4.68. The van der Waals surface area contributed by atoms with E-state index in [2.05, 4.69) is 10.6 Å². The number of amides is 2. The average molecular weight is 431 g/mol. The summed E-state index contributed by atoms with van der Waals surface area (Å²) in [6.45, 7) is 3.20. The molecule has 4 saturated carbocycles. The summed E-state index contributed by atoms with van der Waals surface area (Å²) in [5, 5.41) is 5.45. The van der Waals surface area contributed by atoms with Crippen LogP contribution in [0.2, 0.25) is 0 Å². The van der Waals surface area contributed by atoms with Gasteiger partial charge in [0, 0.05) is 11.1 Å². The Morgan fingerprint density at radius 3 is 2.26 bits per heavy atom. The van der Waals surface area contributed by atoms with E-state index in [0.717, 1.165) is 19.3 Å². The molecule has 1 aromatic rings. The predicted octanol–water partition coefficient (Wildman–Crippen LogP) is 3.66. The molecular formula is C24H31FN2O4. The predicted molar refractivity (Wildman–Crippen MR) is 113 cm³/mol. The van der Waals surface area contributed by atoms with Gasteiger partial charge in [-0.3, -0.25) is 9.59 Å². The molecule has 4 aliphatic carbocycles. The fourth-order valence-corrected chi connectivity index (χ4v) is 6.17. The van der Waals surface area contributed by atoms with Gasteiger partial charge in [0.15, 0.2) is 6.61 Å². The second-order valence-corrected chi connectivity index (χ2v) is 10.1. The Morgan fingerprint density at radius 2 is 1.71 bits per heavy atom. The zero-order valence-corrected chi connectivity index (χ0v) is 18.2. The molecule has 4 fully saturated rings. The Kier molecular flexibility index (Phi) is 6.04. The lowest BCUT2D eigenvalue weighted by Crippen LogP contribution is -2.57. The molecule has 7 heteroatoms. The SMILES string of the molecule is CC(C)[C@@H](NC(=O)C12CC3CC(CC(C3)C1)C2)C(=O)OCC(=O)Nc1cccc(F)c1. The third kappa shape index (κ3) is 4.75. The molecule has 168 valence electrons. The minimum Gasteiger partial charge on any atom is -0.454 e. The molecule has 0 heterocycles. The van der Waals surface area contributed by atoms with Gasteiger partial charge in [-0.15, -0.1) is 0 Å². The Balaban J connectivity index is 1.33. The molecule has 31 heavy (non-hydrogen) atoms. The van der Waals surface area contributed by atoms with Gasteiger partial charge in [-0.25, -0.2) is 9.18 Å². The molecule has 4 bridgehead atoms. The lowest BCUT2D eigenvalue weighted by molar-refractivity contribution is -0.156. The standard InChI is InChI=1S/C24H31FN2O4/c1-14(2)21(22(29)31-13-20(28)26-19-5-3-4-18(25)9-19)27-23(30)24-10-15-6-16(11-24)8-17(7-15)12-24/h3-5,9,14-17,21H,6-8,10-13H2,1-2H3,(H,26,28)(H,27,30)/t15?,16?,17?,21-,24?/m1/s1. The summed E-state index contributed by atoms with van der Waals surface area (Å²) < 4.78 is 18.4. The van der Waals surface area contributed by atoms with E-state index in [1.807, 2.05) is 13.8 Å². The van der Waals surface area contributed by atoms with Gasteiger partial charge in [-0.1, -0.05) is 19.9 Å². The van der Waals surface area contributed by atoms with Crippen molar-refractivity contribution in [1.82, 2.24) is 5.32 Å². The van der Waals surface area contributed by atoms with Gasteiger partial charge in [0.2, 0.25) is 5.91 Å². The van der Waals surface area contributed by atoms with Crippen molar-refractivity contribution in [1.29, 1.82) is 0 Å². The summed E-state index contributed by atoms with van der Waals surface area (Å²) in [5.74, 6) is 0.0374. The number of hydrogen-bond donors (Lipinski definition) is 2. The molecule has 6 nitrogen and oxygen atoms in total. The second kappa shape index (κ2) is 8.60. The molecule has 1 atom stereocenters. The highest BCUT2D eigenvalue weighted by Gasteiger charge is 2.55. The van der Waals surface area contributed by atoms with Gasteiger partial charge in [0.05, 0.1) is 0 Å². The van der Waals surface area contributed by atoms with E-state index in [1.165, 1.54) is 37.5 Å². The Hall–Kier alpha value is -2.44. The zero-order valence-electron chi connectivity index (χ0n) is 18.2.